The van der Waals surface area contributed by atoms with E-state index in [0.29, 0.717) is 12.2 Å². The van der Waals surface area contributed by atoms with Gasteiger partial charge in [-0.15, -0.1) is 0 Å². The lowest BCUT2D eigenvalue weighted by Crippen LogP contribution is -2.24. The quantitative estimate of drug-likeness (QED) is 0.793. The average molecular weight is 283 g/mol. The van der Waals surface area contributed by atoms with E-state index in [-0.39, 0.29) is 5.91 Å². The molecule has 1 amide bonds. The third kappa shape index (κ3) is 2.40. The molecule has 0 radical (unpaired) electrons. The van der Waals surface area contributed by atoms with E-state index in [0.717, 1.165) is 22.4 Å². The largest absolute Gasteiger partial charge is 0.347 e. The Morgan fingerprint density at radius 3 is 2.86 bits per heavy atom. The van der Waals surface area contributed by atoms with E-state index < -0.39 is 0 Å². The van der Waals surface area contributed by atoms with Crippen molar-refractivity contribution in [3.63, 3.8) is 0 Å². The van der Waals surface area contributed by atoms with Gasteiger partial charge in [0.1, 0.15) is 11.5 Å². The summed E-state index contributed by atoms with van der Waals surface area (Å²) in [4.78, 5) is 20.5. The fourth-order valence-corrected chi connectivity index (χ4v) is 2.32. The lowest BCUT2D eigenvalue weighted by Gasteiger charge is -2.06. The molecule has 0 aliphatic heterocycles. The first-order chi connectivity index (χ1) is 10.1. The predicted octanol–water partition coefficient (Wildman–Crippen LogP) is 1.55. The van der Waals surface area contributed by atoms with Gasteiger partial charge in [-0.3, -0.25) is 4.79 Å². The minimum atomic E-state index is -0.132. The number of carbonyl (C=O) groups is 1. The molecule has 3 rings (SSSR count). The van der Waals surface area contributed by atoms with Crippen LogP contribution in [0.2, 0.25) is 0 Å². The predicted molar refractivity (Wildman–Crippen MR) is 79.8 cm³/mol. The molecule has 0 spiro atoms. The van der Waals surface area contributed by atoms with Crippen molar-refractivity contribution in [2.45, 2.75) is 13.5 Å². The number of hydrogen-bond acceptors (Lipinski definition) is 3. The monoisotopic (exact) mass is 283 g/mol. The summed E-state index contributed by atoms with van der Waals surface area (Å²) in [5.74, 6) is 0.841. The zero-order chi connectivity index (χ0) is 15.0. The molecule has 0 fully saturated rings. The third-order valence-corrected chi connectivity index (χ3v) is 3.67. The van der Waals surface area contributed by atoms with Crippen molar-refractivity contribution in [2.24, 2.45) is 14.1 Å². The van der Waals surface area contributed by atoms with E-state index in [2.05, 4.69) is 15.3 Å². The molecule has 1 N–H and O–H groups in total. The van der Waals surface area contributed by atoms with Gasteiger partial charge in [0.05, 0.1) is 23.6 Å². The number of aryl methyl sites for hydroxylation is 3. The smallest absolute Gasteiger partial charge is 0.269 e. The molecule has 2 aromatic heterocycles. The van der Waals surface area contributed by atoms with Crippen LogP contribution in [0, 0.1) is 6.92 Å². The molecular formula is C15H17N5O. The van der Waals surface area contributed by atoms with E-state index in [4.69, 9.17) is 0 Å². The topological polar surface area (TPSA) is 64.7 Å². The van der Waals surface area contributed by atoms with Crippen LogP contribution in [0.15, 0.2) is 30.7 Å². The van der Waals surface area contributed by atoms with Crippen LogP contribution in [0.4, 0.5) is 0 Å². The first kappa shape index (κ1) is 13.4. The Hall–Kier alpha value is -2.63. The molecule has 2 heterocycles. The van der Waals surface area contributed by atoms with Crippen LogP contribution < -0.4 is 5.32 Å². The van der Waals surface area contributed by atoms with Crippen LogP contribution in [0.1, 0.15) is 21.9 Å². The van der Waals surface area contributed by atoms with Gasteiger partial charge in [0, 0.05) is 20.6 Å². The highest BCUT2D eigenvalue weighted by Crippen LogP contribution is 2.16. The van der Waals surface area contributed by atoms with E-state index in [9.17, 15) is 4.79 Å². The van der Waals surface area contributed by atoms with Crippen LogP contribution in [-0.2, 0) is 20.6 Å². The normalized spacial score (nSPS) is 11.0. The Morgan fingerprint density at radius 1 is 1.33 bits per heavy atom. The zero-order valence-electron chi connectivity index (χ0n) is 12.3. The van der Waals surface area contributed by atoms with E-state index >= 15 is 0 Å². The van der Waals surface area contributed by atoms with Crippen LogP contribution in [0.3, 0.4) is 0 Å². The number of fused-ring (bicyclic) bond motifs is 1. The molecule has 0 unspecified atom stereocenters. The first-order valence-corrected chi connectivity index (χ1v) is 6.72. The number of nitrogens with one attached hydrogen (secondary N) is 1. The van der Waals surface area contributed by atoms with Crippen molar-refractivity contribution in [1.82, 2.24) is 24.4 Å². The van der Waals surface area contributed by atoms with Crippen molar-refractivity contribution in [2.75, 3.05) is 0 Å². The summed E-state index contributed by atoms with van der Waals surface area (Å²) >= 11 is 0. The number of rotatable bonds is 3. The summed E-state index contributed by atoms with van der Waals surface area (Å²) in [5, 5.41) is 2.89. The fraction of sp³-hybridized carbons (Fsp3) is 0.267. The Morgan fingerprint density at radius 2 is 2.14 bits per heavy atom. The molecule has 0 saturated carbocycles. The second kappa shape index (κ2) is 5.05. The molecule has 0 bridgehead atoms. The van der Waals surface area contributed by atoms with Crippen LogP contribution in [-0.4, -0.2) is 25.0 Å². The van der Waals surface area contributed by atoms with Crippen molar-refractivity contribution in [3.05, 3.63) is 47.8 Å². The van der Waals surface area contributed by atoms with Crippen molar-refractivity contribution in [1.29, 1.82) is 0 Å². The fourth-order valence-electron chi connectivity index (χ4n) is 2.32. The minimum absolute atomic E-state index is 0.132. The third-order valence-electron chi connectivity index (χ3n) is 3.67. The molecule has 0 aliphatic carbocycles. The van der Waals surface area contributed by atoms with E-state index in [1.807, 2.05) is 36.7 Å². The highest BCUT2D eigenvalue weighted by molar-refractivity contribution is 5.92. The van der Waals surface area contributed by atoms with Crippen molar-refractivity contribution < 1.29 is 4.79 Å². The molecule has 108 valence electrons. The minimum Gasteiger partial charge on any atom is -0.347 e. The number of carbonyl (C=O) groups excluding carboxylic acids is 1. The van der Waals surface area contributed by atoms with Gasteiger partial charge >= 0.3 is 0 Å². The summed E-state index contributed by atoms with van der Waals surface area (Å²) in [6.07, 6.45) is 3.16. The summed E-state index contributed by atoms with van der Waals surface area (Å²) in [7, 11) is 3.79. The average Bonchev–Trinajstić information content (AvgIpc) is 3.01. The highest BCUT2D eigenvalue weighted by atomic mass is 16.1. The second-order valence-corrected chi connectivity index (χ2v) is 5.11. The van der Waals surface area contributed by atoms with Gasteiger partial charge in [-0.2, -0.15) is 0 Å². The summed E-state index contributed by atoms with van der Waals surface area (Å²) in [6, 6.07) is 6.04. The number of amides is 1. The maximum absolute atomic E-state index is 12.0. The van der Waals surface area contributed by atoms with Gasteiger partial charge in [0.2, 0.25) is 0 Å². The Bertz CT molecular complexity index is 815. The highest BCUT2D eigenvalue weighted by Gasteiger charge is 2.10. The standard InChI is InChI=1S/C15H17N5O/c1-10-18-12-6-11(4-5-13(12)20(10)3)7-17-15(21)14-8-16-9-19(14)2/h4-6,8-9H,7H2,1-3H3,(H,17,21). The van der Waals surface area contributed by atoms with Gasteiger partial charge in [-0.1, -0.05) is 6.07 Å². The van der Waals surface area contributed by atoms with E-state index in [1.165, 1.54) is 0 Å². The zero-order valence-corrected chi connectivity index (χ0v) is 12.3. The molecule has 0 saturated heterocycles. The Balaban J connectivity index is 1.76. The first-order valence-electron chi connectivity index (χ1n) is 6.72. The number of imidazole rings is 2. The maximum Gasteiger partial charge on any atom is 0.269 e. The van der Waals surface area contributed by atoms with Crippen molar-refractivity contribution >= 4 is 16.9 Å². The van der Waals surface area contributed by atoms with Gasteiger partial charge in [-0.05, 0) is 24.6 Å². The number of aromatic nitrogens is 4. The Kier molecular flexibility index (Phi) is 3.21. The number of benzene rings is 1. The lowest BCUT2D eigenvalue weighted by atomic mass is 10.2. The van der Waals surface area contributed by atoms with Crippen LogP contribution >= 0.6 is 0 Å². The summed E-state index contributed by atoms with van der Waals surface area (Å²) in [6.45, 7) is 2.44. The second-order valence-electron chi connectivity index (χ2n) is 5.11. The van der Waals surface area contributed by atoms with Crippen LogP contribution in [0.25, 0.3) is 11.0 Å². The molecule has 6 nitrogen and oxygen atoms in total. The molecule has 0 aliphatic rings. The molecule has 21 heavy (non-hydrogen) atoms. The number of hydrogen-bond donors (Lipinski definition) is 1. The van der Waals surface area contributed by atoms with Gasteiger partial charge < -0.3 is 14.5 Å². The summed E-state index contributed by atoms with van der Waals surface area (Å²) < 4.78 is 3.74. The molecule has 3 aromatic rings. The number of nitrogens with zero attached hydrogens (tertiary/aromatic N) is 4. The molecule has 0 atom stereocenters. The lowest BCUT2D eigenvalue weighted by molar-refractivity contribution is 0.0942. The van der Waals surface area contributed by atoms with E-state index in [1.54, 1.807) is 24.1 Å². The molecule has 1 aromatic carbocycles. The molecule has 6 heteroatoms. The summed E-state index contributed by atoms with van der Waals surface area (Å²) in [5.41, 5.74) is 3.61. The van der Waals surface area contributed by atoms with Gasteiger partial charge in [0.15, 0.2) is 0 Å². The molecular weight excluding hydrogens is 266 g/mol. The SMILES string of the molecule is Cc1nc2cc(CNC(=O)c3cncn3C)ccc2n1C. The van der Waals surface area contributed by atoms with Crippen LogP contribution in [0.5, 0.6) is 0 Å². The van der Waals surface area contributed by atoms with Crippen molar-refractivity contribution in [3.8, 4) is 0 Å². The Labute approximate surface area is 122 Å². The maximum atomic E-state index is 12.0. The van der Waals surface area contributed by atoms with Gasteiger partial charge in [0.25, 0.3) is 5.91 Å². The van der Waals surface area contributed by atoms with Gasteiger partial charge in [-0.25, -0.2) is 9.97 Å².